The van der Waals surface area contributed by atoms with Gasteiger partial charge in [-0.2, -0.15) is 9.29 Å². The van der Waals surface area contributed by atoms with Crippen molar-refractivity contribution >= 4 is 10.0 Å². The van der Waals surface area contributed by atoms with Gasteiger partial charge >= 0.3 is 0 Å². The number of benzene rings is 1. The first kappa shape index (κ1) is 20.4. The number of furan rings is 1. The second-order valence-electron chi connectivity index (χ2n) is 6.93. The molecule has 0 saturated carbocycles. The molecular weight excluding hydrogens is 410 g/mol. The van der Waals surface area contributed by atoms with Gasteiger partial charge in [0.2, 0.25) is 10.9 Å². The number of nitrogens with zero attached hydrogens (tertiary/aromatic N) is 3. The van der Waals surface area contributed by atoms with Crippen LogP contribution < -0.4 is 9.47 Å². The van der Waals surface area contributed by atoms with Gasteiger partial charge in [-0.05, 0) is 43.2 Å². The minimum absolute atomic E-state index is 0.0945. The first-order valence-corrected chi connectivity index (χ1v) is 11.1. The van der Waals surface area contributed by atoms with Gasteiger partial charge in [-0.15, -0.1) is 0 Å². The average molecular weight is 433 g/mol. The maximum absolute atomic E-state index is 12.9. The highest BCUT2D eigenvalue weighted by molar-refractivity contribution is 7.89. The lowest BCUT2D eigenvalue weighted by molar-refractivity contribution is 0.355. The van der Waals surface area contributed by atoms with Crippen molar-refractivity contribution in [2.45, 2.75) is 30.8 Å². The van der Waals surface area contributed by atoms with Crippen molar-refractivity contribution in [2.75, 3.05) is 27.3 Å². The molecule has 0 radical (unpaired) electrons. The van der Waals surface area contributed by atoms with Gasteiger partial charge in [0.15, 0.2) is 17.3 Å². The number of sulfonamides is 1. The third-order valence-electron chi connectivity index (χ3n) is 5.02. The van der Waals surface area contributed by atoms with E-state index in [1.54, 1.807) is 32.4 Å². The van der Waals surface area contributed by atoms with E-state index in [2.05, 4.69) is 10.1 Å². The van der Waals surface area contributed by atoms with Crippen LogP contribution in [0.25, 0.3) is 23.0 Å². The molecule has 9 nitrogen and oxygen atoms in total. The van der Waals surface area contributed by atoms with Crippen molar-refractivity contribution in [3.05, 3.63) is 30.3 Å². The van der Waals surface area contributed by atoms with Gasteiger partial charge in [0.25, 0.3) is 15.9 Å². The van der Waals surface area contributed by atoms with Crippen molar-refractivity contribution in [3.63, 3.8) is 0 Å². The summed E-state index contributed by atoms with van der Waals surface area (Å²) in [6, 6.07) is 8.19. The Morgan fingerprint density at radius 3 is 2.40 bits per heavy atom. The monoisotopic (exact) mass is 433 g/mol. The van der Waals surface area contributed by atoms with Gasteiger partial charge in [-0.25, -0.2) is 8.42 Å². The van der Waals surface area contributed by atoms with E-state index < -0.39 is 10.0 Å². The lowest BCUT2D eigenvalue weighted by atomic mass is 10.2. The normalized spacial score (nSPS) is 15.7. The molecule has 0 spiro atoms. The molecule has 1 aliphatic rings. The van der Waals surface area contributed by atoms with E-state index in [1.807, 2.05) is 0 Å². The summed E-state index contributed by atoms with van der Waals surface area (Å²) in [5.41, 5.74) is 0.659. The first-order valence-electron chi connectivity index (χ1n) is 9.69. The molecule has 30 heavy (non-hydrogen) atoms. The van der Waals surface area contributed by atoms with E-state index in [4.69, 9.17) is 18.4 Å². The maximum Gasteiger partial charge on any atom is 0.293 e. The Hall–Kier alpha value is -2.85. The van der Waals surface area contributed by atoms with E-state index >= 15 is 0 Å². The molecule has 0 bridgehead atoms. The van der Waals surface area contributed by atoms with E-state index in [0.717, 1.165) is 25.7 Å². The molecule has 0 unspecified atom stereocenters. The van der Waals surface area contributed by atoms with Crippen LogP contribution in [-0.2, 0) is 10.0 Å². The first-order chi connectivity index (χ1) is 14.5. The predicted octanol–water partition coefficient (Wildman–Crippen LogP) is 3.58. The topological polar surface area (TPSA) is 108 Å². The summed E-state index contributed by atoms with van der Waals surface area (Å²) in [5.74, 6) is 1.73. The van der Waals surface area contributed by atoms with Gasteiger partial charge in [-0.3, -0.25) is 0 Å². The van der Waals surface area contributed by atoms with Gasteiger partial charge in [0, 0.05) is 18.7 Å². The highest BCUT2D eigenvalue weighted by atomic mass is 32.2. The zero-order valence-electron chi connectivity index (χ0n) is 16.8. The van der Waals surface area contributed by atoms with Gasteiger partial charge in [0.1, 0.15) is 0 Å². The number of hydrogen-bond acceptors (Lipinski definition) is 8. The molecule has 160 valence electrons. The third-order valence-corrected chi connectivity index (χ3v) is 6.79. The van der Waals surface area contributed by atoms with Crippen LogP contribution in [0.2, 0.25) is 0 Å². The zero-order chi connectivity index (χ0) is 21.1. The second kappa shape index (κ2) is 8.49. The van der Waals surface area contributed by atoms with Crippen molar-refractivity contribution < 1.29 is 26.8 Å². The molecule has 0 atom stereocenters. The molecule has 1 aliphatic heterocycles. The molecule has 1 aromatic carbocycles. The summed E-state index contributed by atoms with van der Waals surface area (Å²) in [6.45, 7) is 1.00. The van der Waals surface area contributed by atoms with Gasteiger partial charge in [0.05, 0.1) is 14.2 Å². The fraction of sp³-hybridized carbons (Fsp3) is 0.400. The Balaban J connectivity index is 1.58. The molecule has 10 heteroatoms. The van der Waals surface area contributed by atoms with Crippen LogP contribution in [0, 0.1) is 0 Å². The van der Waals surface area contributed by atoms with Gasteiger partial charge in [-0.1, -0.05) is 18.0 Å². The van der Waals surface area contributed by atoms with E-state index in [0.29, 0.717) is 36.0 Å². The fourth-order valence-electron chi connectivity index (χ4n) is 3.40. The van der Waals surface area contributed by atoms with Crippen LogP contribution in [-0.4, -0.2) is 50.2 Å². The minimum Gasteiger partial charge on any atom is -0.493 e. The van der Waals surface area contributed by atoms with Crippen LogP contribution in [0.15, 0.2) is 44.4 Å². The SMILES string of the molecule is COc1ccc(-c2noc(-c3ccc(S(=O)(=O)N4CCCCCC4)o3)n2)cc1OC. The molecule has 1 fully saturated rings. The molecule has 2 aromatic heterocycles. The quantitative estimate of drug-likeness (QED) is 0.580. The van der Waals surface area contributed by atoms with Crippen molar-refractivity contribution in [1.82, 2.24) is 14.4 Å². The van der Waals surface area contributed by atoms with Crippen molar-refractivity contribution in [1.29, 1.82) is 0 Å². The fourth-order valence-corrected chi connectivity index (χ4v) is 4.83. The summed E-state index contributed by atoms with van der Waals surface area (Å²) >= 11 is 0. The minimum atomic E-state index is -3.69. The highest BCUT2D eigenvalue weighted by Crippen LogP contribution is 2.33. The van der Waals surface area contributed by atoms with Crippen molar-refractivity contribution in [2.24, 2.45) is 0 Å². The summed E-state index contributed by atoms with van der Waals surface area (Å²) in [4.78, 5) is 4.33. The largest absolute Gasteiger partial charge is 0.493 e. The molecule has 0 N–H and O–H groups in total. The van der Waals surface area contributed by atoms with Crippen LogP contribution >= 0.6 is 0 Å². The predicted molar refractivity (Wildman–Crippen MR) is 108 cm³/mol. The summed E-state index contributed by atoms with van der Waals surface area (Å²) in [6.07, 6.45) is 3.78. The Kier molecular flexibility index (Phi) is 5.78. The summed E-state index contributed by atoms with van der Waals surface area (Å²) < 4.78 is 48.6. The number of hydrogen-bond donors (Lipinski definition) is 0. The highest BCUT2D eigenvalue weighted by Gasteiger charge is 2.29. The zero-order valence-corrected chi connectivity index (χ0v) is 17.6. The van der Waals surface area contributed by atoms with E-state index in [-0.39, 0.29) is 16.7 Å². The standard InChI is InChI=1S/C20H23N3O6S/c1-26-15-8-7-14(13-17(15)27-2)19-21-20(29-22-19)16-9-10-18(28-16)30(24,25)23-11-5-3-4-6-12-23/h7-10,13H,3-6,11-12H2,1-2H3. The Morgan fingerprint density at radius 1 is 0.967 bits per heavy atom. The molecule has 4 rings (SSSR count). The van der Waals surface area contributed by atoms with E-state index in [1.165, 1.54) is 16.4 Å². The number of rotatable bonds is 6. The average Bonchev–Trinajstić information content (AvgIpc) is 3.37. The van der Waals surface area contributed by atoms with E-state index in [9.17, 15) is 8.42 Å². The molecule has 0 aliphatic carbocycles. The van der Waals surface area contributed by atoms with Crippen LogP contribution in [0.3, 0.4) is 0 Å². The number of methoxy groups -OCH3 is 2. The Labute approximate surface area is 174 Å². The number of aromatic nitrogens is 2. The molecule has 3 aromatic rings. The molecule has 1 saturated heterocycles. The van der Waals surface area contributed by atoms with Gasteiger partial charge < -0.3 is 18.4 Å². The lowest BCUT2D eigenvalue weighted by Gasteiger charge is -2.17. The van der Waals surface area contributed by atoms with Crippen LogP contribution in [0.4, 0.5) is 0 Å². The van der Waals surface area contributed by atoms with Crippen LogP contribution in [0.5, 0.6) is 11.5 Å². The molecule has 0 amide bonds. The molecule has 3 heterocycles. The lowest BCUT2D eigenvalue weighted by Crippen LogP contribution is -2.31. The maximum atomic E-state index is 12.9. The Morgan fingerprint density at radius 2 is 1.70 bits per heavy atom. The summed E-state index contributed by atoms with van der Waals surface area (Å²) in [5, 5.41) is 3.84. The van der Waals surface area contributed by atoms with Crippen LogP contribution in [0.1, 0.15) is 25.7 Å². The number of ether oxygens (including phenoxy) is 2. The smallest absolute Gasteiger partial charge is 0.293 e. The second-order valence-corrected chi connectivity index (χ2v) is 8.80. The van der Waals surface area contributed by atoms with Crippen molar-refractivity contribution in [3.8, 4) is 34.5 Å². The Bertz CT molecular complexity index is 1110. The third kappa shape index (κ3) is 3.92. The molecular formula is C20H23N3O6S. The summed E-state index contributed by atoms with van der Waals surface area (Å²) in [7, 11) is -0.594.